The van der Waals surface area contributed by atoms with Crippen molar-refractivity contribution in [1.82, 2.24) is 0 Å². The summed E-state index contributed by atoms with van der Waals surface area (Å²) in [6.07, 6.45) is 7.30. The number of thioether (sulfide) groups is 1. The first-order chi connectivity index (χ1) is 12.2. The van der Waals surface area contributed by atoms with E-state index >= 15 is 0 Å². The van der Waals surface area contributed by atoms with Crippen LogP contribution in [0.4, 0.5) is 0 Å². The fraction of sp³-hybridized carbons (Fsp3) is 0.391. The molecule has 140 valence electrons. The molecule has 2 aromatic rings. The molecular weight excluding hydrogens is 358 g/mol. The van der Waals surface area contributed by atoms with Gasteiger partial charge in [-0.2, -0.15) is 0 Å². The van der Waals surface area contributed by atoms with Crippen molar-refractivity contribution < 1.29 is 17.3 Å². The van der Waals surface area contributed by atoms with Crippen LogP contribution in [0.25, 0.3) is 5.57 Å². The molecule has 1 N–H and O–H groups in total. The molecule has 0 saturated carbocycles. The first-order valence-corrected chi connectivity index (χ1v) is 10.5. The zero-order valence-electron chi connectivity index (χ0n) is 16.1. The average Bonchev–Trinajstić information content (AvgIpc) is 2.77. The third kappa shape index (κ3) is 5.16. The minimum Gasteiger partial charge on any atom is -1.00 e. The molecule has 1 aliphatic rings. The van der Waals surface area contributed by atoms with Crippen LogP contribution in [0.1, 0.15) is 48.4 Å². The van der Waals surface area contributed by atoms with Gasteiger partial charge in [-0.15, -0.1) is 11.8 Å². The first kappa shape index (κ1) is 21.1. The summed E-state index contributed by atoms with van der Waals surface area (Å²) in [6.45, 7) is 3.44. The van der Waals surface area contributed by atoms with Gasteiger partial charge in [0.1, 0.15) is 0 Å². The van der Waals surface area contributed by atoms with Crippen LogP contribution in [0.15, 0.2) is 53.4 Å². The maximum atomic E-state index is 2.47. The van der Waals surface area contributed by atoms with E-state index in [1.54, 1.807) is 0 Å². The summed E-state index contributed by atoms with van der Waals surface area (Å²) in [7, 11) is 4.46. The topological polar surface area (TPSA) is 4.44 Å². The van der Waals surface area contributed by atoms with E-state index in [1.807, 2.05) is 11.8 Å². The highest BCUT2D eigenvalue weighted by atomic mass is 35.5. The fourth-order valence-corrected chi connectivity index (χ4v) is 4.44. The molecule has 1 nitrogen and oxygen atoms in total. The highest BCUT2D eigenvalue weighted by molar-refractivity contribution is 7.98. The molecule has 0 spiro atoms. The summed E-state index contributed by atoms with van der Waals surface area (Å²) < 4.78 is 0. The Balaban J connectivity index is 0.00000243. The van der Waals surface area contributed by atoms with Crippen LogP contribution in [0.3, 0.4) is 0 Å². The van der Waals surface area contributed by atoms with E-state index in [9.17, 15) is 0 Å². The van der Waals surface area contributed by atoms with Gasteiger partial charge in [-0.3, -0.25) is 0 Å². The van der Waals surface area contributed by atoms with Crippen LogP contribution in [0.5, 0.6) is 0 Å². The number of aryl methyl sites for hydroxylation is 1. The molecule has 1 aliphatic heterocycles. The summed E-state index contributed by atoms with van der Waals surface area (Å²) in [4.78, 5) is 2.94. The van der Waals surface area contributed by atoms with E-state index in [-0.39, 0.29) is 12.4 Å². The Hall–Kier alpha value is -1.22. The van der Waals surface area contributed by atoms with E-state index in [0.29, 0.717) is 0 Å². The van der Waals surface area contributed by atoms with Crippen molar-refractivity contribution in [2.75, 3.05) is 20.6 Å². The number of hydrogen-bond donors (Lipinski definition) is 1. The molecule has 0 amide bonds. The molecule has 0 radical (unpaired) electrons. The molecule has 1 heterocycles. The van der Waals surface area contributed by atoms with Crippen LogP contribution in [-0.4, -0.2) is 20.6 Å². The van der Waals surface area contributed by atoms with Crippen LogP contribution in [0.2, 0.25) is 0 Å². The second-order valence-electron chi connectivity index (χ2n) is 7.24. The summed E-state index contributed by atoms with van der Waals surface area (Å²) in [6, 6.07) is 16.1. The number of quaternary nitrogens is 1. The summed E-state index contributed by atoms with van der Waals surface area (Å²) in [5.41, 5.74) is 7.25. The van der Waals surface area contributed by atoms with Crippen molar-refractivity contribution in [3.05, 3.63) is 70.8 Å². The average molecular weight is 388 g/mol. The van der Waals surface area contributed by atoms with Crippen molar-refractivity contribution in [1.29, 1.82) is 0 Å². The Morgan fingerprint density at radius 1 is 1.08 bits per heavy atom. The van der Waals surface area contributed by atoms with Gasteiger partial charge in [0, 0.05) is 17.1 Å². The van der Waals surface area contributed by atoms with Gasteiger partial charge in [0.25, 0.3) is 0 Å². The van der Waals surface area contributed by atoms with Crippen molar-refractivity contribution in [2.24, 2.45) is 0 Å². The van der Waals surface area contributed by atoms with Crippen molar-refractivity contribution >= 4 is 17.3 Å². The number of halogens is 1. The molecule has 0 saturated heterocycles. The van der Waals surface area contributed by atoms with Crippen molar-refractivity contribution in [3.8, 4) is 0 Å². The molecular formula is C23H30ClNS. The minimum absolute atomic E-state index is 0. The molecule has 0 fully saturated rings. The van der Waals surface area contributed by atoms with Gasteiger partial charge in [-0.25, -0.2) is 0 Å². The number of rotatable bonds is 6. The van der Waals surface area contributed by atoms with Gasteiger partial charge in [0.15, 0.2) is 0 Å². The Morgan fingerprint density at radius 3 is 2.65 bits per heavy atom. The Kier molecular flexibility index (Phi) is 8.27. The lowest BCUT2D eigenvalue weighted by molar-refractivity contribution is -0.857. The third-order valence-corrected chi connectivity index (χ3v) is 5.96. The van der Waals surface area contributed by atoms with E-state index < -0.39 is 0 Å². The van der Waals surface area contributed by atoms with E-state index in [4.69, 9.17) is 0 Å². The molecule has 0 aromatic heterocycles. The summed E-state index contributed by atoms with van der Waals surface area (Å²) >= 11 is 1.98. The van der Waals surface area contributed by atoms with Crippen LogP contribution >= 0.6 is 11.8 Å². The molecule has 0 aliphatic carbocycles. The van der Waals surface area contributed by atoms with Crippen molar-refractivity contribution in [3.63, 3.8) is 0 Å². The lowest BCUT2D eigenvalue weighted by Crippen LogP contribution is -3.05. The summed E-state index contributed by atoms with van der Waals surface area (Å²) in [5, 5.41) is 0. The number of benzene rings is 2. The lowest BCUT2D eigenvalue weighted by Gasteiger charge is -2.14. The highest BCUT2D eigenvalue weighted by Crippen LogP contribution is 2.40. The number of nitrogens with one attached hydrogen (secondary N) is 1. The molecule has 26 heavy (non-hydrogen) atoms. The van der Waals surface area contributed by atoms with Gasteiger partial charge < -0.3 is 17.3 Å². The second-order valence-corrected chi connectivity index (χ2v) is 8.26. The highest BCUT2D eigenvalue weighted by Gasteiger charge is 2.18. The molecule has 0 atom stereocenters. The standard InChI is InChI=1S/C23H29NS.ClH/c1-4-5-9-18-13-14-23-22(16-18)21(12-8-15-24(2)3)20-11-7-6-10-19(20)17-25-23;/h6-7,10-14,16H,4-5,8-9,15,17H2,1-3H3;1H/b21-12+;. The molecule has 0 bridgehead atoms. The number of hydrogen-bond acceptors (Lipinski definition) is 1. The van der Waals surface area contributed by atoms with Gasteiger partial charge in [0.05, 0.1) is 20.6 Å². The predicted molar refractivity (Wildman–Crippen MR) is 110 cm³/mol. The largest absolute Gasteiger partial charge is 1.00 e. The Bertz CT molecular complexity index is 752. The second kappa shape index (κ2) is 10.2. The Labute approximate surface area is 169 Å². The minimum atomic E-state index is 0. The maximum absolute atomic E-state index is 2.47. The quantitative estimate of drug-likeness (QED) is 0.789. The lowest BCUT2D eigenvalue weighted by atomic mass is 9.92. The van der Waals surface area contributed by atoms with E-state index in [1.165, 1.54) is 63.4 Å². The molecule has 3 rings (SSSR count). The van der Waals surface area contributed by atoms with Gasteiger partial charge in [0.2, 0.25) is 0 Å². The SMILES string of the molecule is CCCCc1ccc2c(c1)/C(=C/CC[NH+](C)C)c1ccccc1CS2.[Cl-]. The predicted octanol–water partition coefficient (Wildman–Crippen LogP) is 1.61. The molecule has 2 aromatic carbocycles. The smallest absolute Gasteiger partial charge is 0.0802 e. The van der Waals surface area contributed by atoms with Crippen LogP contribution in [0, 0.1) is 0 Å². The van der Waals surface area contributed by atoms with Crippen LogP contribution in [-0.2, 0) is 12.2 Å². The zero-order valence-corrected chi connectivity index (χ0v) is 17.7. The Morgan fingerprint density at radius 2 is 1.88 bits per heavy atom. The maximum Gasteiger partial charge on any atom is 0.0802 e. The fourth-order valence-electron chi connectivity index (χ4n) is 3.38. The first-order valence-electron chi connectivity index (χ1n) is 9.52. The zero-order chi connectivity index (χ0) is 17.6. The third-order valence-electron chi connectivity index (χ3n) is 4.84. The monoisotopic (exact) mass is 387 g/mol. The van der Waals surface area contributed by atoms with E-state index in [0.717, 1.165) is 12.2 Å². The normalized spacial score (nSPS) is 14.5. The number of unbranched alkanes of at least 4 members (excludes halogenated alkanes) is 1. The van der Waals surface area contributed by atoms with Gasteiger partial charge in [-0.1, -0.05) is 55.8 Å². The summed E-state index contributed by atoms with van der Waals surface area (Å²) in [5.74, 6) is 1.06. The van der Waals surface area contributed by atoms with Gasteiger partial charge >= 0.3 is 0 Å². The molecule has 0 unspecified atom stereocenters. The van der Waals surface area contributed by atoms with Crippen molar-refractivity contribution in [2.45, 2.75) is 43.3 Å². The van der Waals surface area contributed by atoms with E-state index in [2.05, 4.69) is 69.6 Å². The number of fused-ring (bicyclic) bond motifs is 2. The van der Waals surface area contributed by atoms with Gasteiger partial charge in [-0.05, 0) is 46.7 Å². The molecule has 3 heteroatoms. The van der Waals surface area contributed by atoms with Crippen LogP contribution < -0.4 is 17.3 Å².